The third kappa shape index (κ3) is 3.61. The Labute approximate surface area is 131 Å². The number of benzene rings is 1. The van der Waals surface area contributed by atoms with E-state index in [1.807, 2.05) is 6.07 Å². The summed E-state index contributed by atoms with van der Waals surface area (Å²) in [4.78, 5) is 11.9. The third-order valence-corrected chi connectivity index (χ3v) is 6.34. The lowest BCUT2D eigenvalue weighted by Crippen LogP contribution is -2.44. The molecular formula is C16H22N2O3S. The fourth-order valence-electron chi connectivity index (χ4n) is 3.43. The van der Waals surface area contributed by atoms with Crippen LogP contribution < -0.4 is 10.6 Å². The molecule has 1 saturated heterocycles. The molecule has 0 unspecified atom stereocenters. The third-order valence-electron chi connectivity index (χ3n) is 4.57. The fourth-order valence-corrected chi connectivity index (χ4v) is 5.10. The van der Waals surface area contributed by atoms with E-state index in [1.54, 1.807) is 0 Å². The summed E-state index contributed by atoms with van der Waals surface area (Å²) in [6.45, 7) is 0.600. The number of urea groups is 1. The number of hydrogen-bond donors (Lipinski definition) is 2. The summed E-state index contributed by atoms with van der Waals surface area (Å²) in [6.07, 6.45) is 3.85. The SMILES string of the molecule is O=C(NC[C@@H]1CCCc2ccccc21)N[C@@H]1CCS(=O)(=O)C1. The second-order valence-electron chi connectivity index (χ2n) is 6.24. The van der Waals surface area contributed by atoms with Gasteiger partial charge in [-0.3, -0.25) is 0 Å². The average molecular weight is 322 g/mol. The van der Waals surface area contributed by atoms with Crippen molar-refractivity contribution in [3.63, 3.8) is 0 Å². The first-order chi connectivity index (χ1) is 10.5. The van der Waals surface area contributed by atoms with E-state index in [9.17, 15) is 13.2 Å². The zero-order valence-corrected chi connectivity index (χ0v) is 13.4. The molecule has 1 aliphatic carbocycles. The summed E-state index contributed by atoms with van der Waals surface area (Å²) in [5.74, 6) is 0.587. The Kier molecular flexibility index (Phi) is 4.38. The number of amides is 2. The van der Waals surface area contributed by atoms with Gasteiger partial charge in [0.15, 0.2) is 9.84 Å². The zero-order valence-electron chi connectivity index (χ0n) is 12.5. The van der Waals surface area contributed by atoms with Gasteiger partial charge >= 0.3 is 6.03 Å². The van der Waals surface area contributed by atoms with Gasteiger partial charge in [0, 0.05) is 18.5 Å². The van der Waals surface area contributed by atoms with Gasteiger partial charge in [0.1, 0.15) is 0 Å². The topological polar surface area (TPSA) is 75.3 Å². The van der Waals surface area contributed by atoms with Gasteiger partial charge in [-0.2, -0.15) is 0 Å². The van der Waals surface area contributed by atoms with Crippen LogP contribution >= 0.6 is 0 Å². The number of hydrogen-bond acceptors (Lipinski definition) is 3. The maximum absolute atomic E-state index is 11.9. The van der Waals surface area contributed by atoms with Crippen LogP contribution in [0.5, 0.6) is 0 Å². The molecule has 3 rings (SSSR count). The van der Waals surface area contributed by atoms with Gasteiger partial charge in [-0.25, -0.2) is 13.2 Å². The van der Waals surface area contributed by atoms with Gasteiger partial charge in [0.05, 0.1) is 11.5 Å². The lowest BCUT2D eigenvalue weighted by Gasteiger charge is -2.26. The van der Waals surface area contributed by atoms with Crippen LogP contribution in [0.25, 0.3) is 0 Å². The lowest BCUT2D eigenvalue weighted by atomic mass is 9.83. The zero-order chi connectivity index (χ0) is 15.6. The average Bonchev–Trinajstić information content (AvgIpc) is 2.84. The highest BCUT2D eigenvalue weighted by molar-refractivity contribution is 7.91. The maximum Gasteiger partial charge on any atom is 0.315 e. The van der Waals surface area contributed by atoms with Gasteiger partial charge in [0.2, 0.25) is 0 Å². The minimum atomic E-state index is -2.96. The molecule has 2 amide bonds. The van der Waals surface area contributed by atoms with Gasteiger partial charge in [-0.1, -0.05) is 24.3 Å². The Morgan fingerprint density at radius 1 is 1.23 bits per heavy atom. The Hall–Kier alpha value is -1.56. The second-order valence-corrected chi connectivity index (χ2v) is 8.47. The molecule has 1 heterocycles. The summed E-state index contributed by atoms with van der Waals surface area (Å²) in [7, 11) is -2.96. The van der Waals surface area contributed by atoms with Crippen molar-refractivity contribution in [1.82, 2.24) is 10.6 Å². The number of carbonyl (C=O) groups excluding carboxylic acids is 1. The van der Waals surface area contributed by atoms with Crippen LogP contribution in [0.4, 0.5) is 4.79 Å². The van der Waals surface area contributed by atoms with Crippen LogP contribution in [0.15, 0.2) is 24.3 Å². The Bertz CT molecular complexity index is 657. The highest BCUT2D eigenvalue weighted by atomic mass is 32.2. The van der Waals surface area contributed by atoms with Crippen LogP contribution in [0.3, 0.4) is 0 Å². The van der Waals surface area contributed by atoms with Crippen LogP contribution in [0.1, 0.15) is 36.3 Å². The quantitative estimate of drug-likeness (QED) is 0.887. The molecule has 2 aliphatic rings. The molecule has 1 aromatic carbocycles. The highest BCUT2D eigenvalue weighted by Crippen LogP contribution is 2.30. The number of aryl methyl sites for hydroxylation is 1. The number of rotatable bonds is 3. The molecular weight excluding hydrogens is 300 g/mol. The Balaban J connectivity index is 1.52. The van der Waals surface area contributed by atoms with Gasteiger partial charge < -0.3 is 10.6 Å². The van der Waals surface area contributed by atoms with E-state index in [-0.39, 0.29) is 23.6 Å². The van der Waals surface area contributed by atoms with Gasteiger partial charge in [0.25, 0.3) is 0 Å². The maximum atomic E-state index is 11.9. The van der Waals surface area contributed by atoms with Crippen LogP contribution in [-0.4, -0.2) is 38.5 Å². The lowest BCUT2D eigenvalue weighted by molar-refractivity contribution is 0.237. The normalized spacial score (nSPS) is 26.2. The number of fused-ring (bicyclic) bond motifs is 1. The van der Waals surface area contributed by atoms with Crippen molar-refractivity contribution in [2.45, 2.75) is 37.6 Å². The molecule has 0 radical (unpaired) electrons. The van der Waals surface area contributed by atoms with Crippen molar-refractivity contribution in [2.75, 3.05) is 18.1 Å². The van der Waals surface area contributed by atoms with Crippen molar-refractivity contribution in [3.05, 3.63) is 35.4 Å². The monoisotopic (exact) mass is 322 g/mol. The second kappa shape index (κ2) is 6.28. The molecule has 120 valence electrons. The molecule has 1 fully saturated rings. The molecule has 0 bridgehead atoms. The molecule has 5 nitrogen and oxygen atoms in total. The van der Waals surface area contributed by atoms with E-state index in [0.717, 1.165) is 19.3 Å². The molecule has 2 atom stereocenters. The smallest absolute Gasteiger partial charge is 0.315 e. The predicted molar refractivity (Wildman–Crippen MR) is 85.7 cm³/mol. The van der Waals surface area contributed by atoms with E-state index < -0.39 is 9.84 Å². The Morgan fingerprint density at radius 3 is 2.82 bits per heavy atom. The minimum Gasteiger partial charge on any atom is -0.338 e. The standard InChI is InChI=1S/C16H22N2O3S/c19-16(18-14-8-9-22(20,21)11-14)17-10-13-6-3-5-12-4-1-2-7-15(12)13/h1-2,4,7,13-14H,3,5-6,8-11H2,(H2,17,18,19)/t13-,14+/m0/s1. The first-order valence-electron chi connectivity index (χ1n) is 7.86. The summed E-state index contributed by atoms with van der Waals surface area (Å²) < 4.78 is 22.8. The van der Waals surface area contributed by atoms with Crippen molar-refractivity contribution < 1.29 is 13.2 Å². The number of sulfone groups is 1. The van der Waals surface area contributed by atoms with Crippen molar-refractivity contribution >= 4 is 15.9 Å². The molecule has 1 aliphatic heterocycles. The molecule has 22 heavy (non-hydrogen) atoms. The summed E-state index contributed by atoms with van der Waals surface area (Å²) in [5, 5.41) is 5.67. The minimum absolute atomic E-state index is 0.0622. The van der Waals surface area contributed by atoms with Crippen LogP contribution in [0.2, 0.25) is 0 Å². The number of nitrogens with one attached hydrogen (secondary N) is 2. The Morgan fingerprint density at radius 2 is 2.05 bits per heavy atom. The first kappa shape index (κ1) is 15.3. The first-order valence-corrected chi connectivity index (χ1v) is 9.68. The van der Waals surface area contributed by atoms with Crippen LogP contribution in [-0.2, 0) is 16.3 Å². The molecule has 0 aromatic heterocycles. The largest absolute Gasteiger partial charge is 0.338 e. The van der Waals surface area contributed by atoms with E-state index in [4.69, 9.17) is 0 Å². The molecule has 0 saturated carbocycles. The molecule has 0 spiro atoms. The highest BCUT2D eigenvalue weighted by Gasteiger charge is 2.29. The van der Waals surface area contributed by atoms with E-state index >= 15 is 0 Å². The van der Waals surface area contributed by atoms with Crippen molar-refractivity contribution in [2.24, 2.45) is 0 Å². The molecule has 1 aromatic rings. The summed E-state index contributed by atoms with van der Waals surface area (Å²) >= 11 is 0. The van der Waals surface area contributed by atoms with E-state index in [1.165, 1.54) is 11.1 Å². The summed E-state index contributed by atoms with van der Waals surface area (Å²) in [5.41, 5.74) is 2.71. The summed E-state index contributed by atoms with van der Waals surface area (Å²) in [6, 6.07) is 7.89. The van der Waals surface area contributed by atoms with Crippen LogP contribution in [0, 0.1) is 0 Å². The number of carbonyl (C=O) groups is 1. The van der Waals surface area contributed by atoms with E-state index in [0.29, 0.717) is 18.9 Å². The van der Waals surface area contributed by atoms with Gasteiger partial charge in [-0.05, 0) is 36.8 Å². The van der Waals surface area contributed by atoms with Gasteiger partial charge in [-0.15, -0.1) is 0 Å². The van der Waals surface area contributed by atoms with Crippen molar-refractivity contribution in [3.8, 4) is 0 Å². The van der Waals surface area contributed by atoms with E-state index in [2.05, 4.69) is 28.8 Å². The molecule has 2 N–H and O–H groups in total. The van der Waals surface area contributed by atoms with Crippen molar-refractivity contribution in [1.29, 1.82) is 0 Å². The predicted octanol–water partition coefficient (Wildman–Crippen LogP) is 1.59. The fraction of sp³-hybridized carbons (Fsp3) is 0.562. The molecule has 6 heteroatoms.